The lowest BCUT2D eigenvalue weighted by Gasteiger charge is -2.27. The van der Waals surface area contributed by atoms with E-state index >= 15 is 0 Å². The molecule has 1 aromatic carbocycles. The van der Waals surface area contributed by atoms with Crippen LogP contribution in [-0.4, -0.2) is 73.1 Å². The second kappa shape index (κ2) is 12.1. The minimum absolute atomic E-state index is 0.0981. The lowest BCUT2D eigenvalue weighted by Crippen LogP contribution is -2.46. The van der Waals surface area contributed by atoms with Crippen LogP contribution in [0, 0.1) is 6.92 Å². The number of carbonyl (C=O) groups is 3. The number of anilines is 1. The molecule has 236 valence electrons. The molecule has 3 aromatic rings. The number of rotatable bonds is 8. The van der Waals surface area contributed by atoms with Crippen LogP contribution < -0.4 is 15.8 Å². The summed E-state index contributed by atoms with van der Waals surface area (Å²) in [6.45, 7) is 3.49. The number of urea groups is 1. The molecule has 3 amide bonds. The molecule has 44 heavy (non-hydrogen) atoms. The Bertz CT molecular complexity index is 1690. The number of aryl methyl sites for hydroxylation is 1. The number of hydrogen-bond acceptors (Lipinski definition) is 9. The lowest BCUT2D eigenvalue weighted by molar-refractivity contribution is -0.181. The normalized spacial score (nSPS) is 17.4. The van der Waals surface area contributed by atoms with Crippen LogP contribution in [0.2, 0.25) is 0 Å². The first-order chi connectivity index (χ1) is 20.4. The van der Waals surface area contributed by atoms with Crippen molar-refractivity contribution in [2.45, 2.75) is 55.8 Å². The minimum Gasteiger partial charge on any atom is -0.465 e. The number of likely N-dealkylation sites (tertiary alicyclic amines) is 1. The largest absolute Gasteiger partial charge is 0.465 e. The van der Waals surface area contributed by atoms with Crippen LogP contribution in [0.5, 0.6) is 0 Å². The smallest absolute Gasteiger partial charge is 0.399 e. The zero-order valence-electron chi connectivity index (χ0n) is 23.9. The first-order valence-electron chi connectivity index (χ1n) is 13.0. The molecule has 0 saturated carbocycles. The molecule has 12 nitrogen and oxygen atoms in total. The molecule has 4 N–H and O–H groups in total. The number of methoxy groups -OCH3 is 1. The van der Waals surface area contributed by atoms with Gasteiger partial charge in [-0.15, -0.1) is 0 Å². The van der Waals surface area contributed by atoms with Crippen molar-refractivity contribution in [1.29, 1.82) is 0 Å². The number of nitrogens with two attached hydrogens (primary N) is 1. The highest BCUT2D eigenvalue weighted by Crippen LogP contribution is 2.41. The van der Waals surface area contributed by atoms with E-state index in [0.29, 0.717) is 16.1 Å². The fourth-order valence-electron chi connectivity index (χ4n) is 4.53. The fraction of sp³-hybridized carbons (Fsp3) is 0.370. The van der Waals surface area contributed by atoms with Crippen molar-refractivity contribution < 1.29 is 40.7 Å². The van der Waals surface area contributed by atoms with E-state index in [4.69, 9.17) is 5.73 Å². The number of amides is 3. The minimum atomic E-state index is -4.53. The molecule has 1 aliphatic rings. The van der Waals surface area contributed by atoms with E-state index in [1.54, 1.807) is 6.92 Å². The number of aromatic nitrogens is 2. The van der Waals surface area contributed by atoms with Crippen molar-refractivity contribution in [2.75, 3.05) is 19.0 Å². The monoisotopic (exact) mass is 654 g/mol. The van der Waals surface area contributed by atoms with Crippen LogP contribution in [0.3, 0.4) is 0 Å². The van der Waals surface area contributed by atoms with Gasteiger partial charge in [-0.1, -0.05) is 11.3 Å². The van der Waals surface area contributed by atoms with E-state index in [1.165, 1.54) is 49.7 Å². The van der Waals surface area contributed by atoms with Crippen LogP contribution >= 0.6 is 11.3 Å². The molecule has 0 spiro atoms. The predicted molar refractivity (Wildman–Crippen MR) is 154 cm³/mol. The third-order valence-corrected chi connectivity index (χ3v) is 9.84. The van der Waals surface area contributed by atoms with Gasteiger partial charge in [0.05, 0.1) is 33.8 Å². The maximum atomic E-state index is 13.6. The van der Waals surface area contributed by atoms with Gasteiger partial charge in [-0.05, 0) is 69.2 Å². The number of carbonyl (C=O) groups excluding carboxylic acids is 3. The highest BCUT2D eigenvalue weighted by atomic mass is 32.2. The Kier molecular flexibility index (Phi) is 9.04. The Hall–Kier alpha value is -4.09. The summed E-state index contributed by atoms with van der Waals surface area (Å²) in [6, 6.07) is 5.09. The molecule has 3 heterocycles. The van der Waals surface area contributed by atoms with E-state index < -0.39 is 51.6 Å². The number of benzene rings is 1. The summed E-state index contributed by atoms with van der Waals surface area (Å²) in [5.41, 5.74) is 4.14. The summed E-state index contributed by atoms with van der Waals surface area (Å²) in [5.74, 6) is -1.49. The topological polar surface area (TPSA) is 174 Å². The zero-order chi connectivity index (χ0) is 32.6. The van der Waals surface area contributed by atoms with Gasteiger partial charge in [0.2, 0.25) is 15.9 Å². The van der Waals surface area contributed by atoms with Gasteiger partial charge >= 0.3 is 18.2 Å². The number of thiazole rings is 1. The number of primary amides is 1. The van der Waals surface area contributed by atoms with Crippen molar-refractivity contribution in [3.8, 4) is 10.4 Å². The first kappa shape index (κ1) is 32.8. The SMILES string of the molecule is COC(=O)c1ccc(S(=O)(=O)N[C@@H]2C[C@@H](C(N)=O)N(C(=O)Nc3nc(C)c(-c4ccnc(C(C)(C)C(F)(F)F)c4)s3)C2)cc1. The standard InChI is InChI=1S/C27H29F3N6O6S2/c1-14-21(16-9-10-32-20(11-16)26(2,3)27(28,29)30)43-24(33-14)34-25(39)36-13-17(12-19(36)22(31)37)35-44(40,41)18-7-5-15(6-8-18)23(38)42-4/h5-11,17,19,35H,12-13H2,1-4H3,(H2,31,37)(H,33,34,39)/t17-,19+/m1/s1. The number of pyridine rings is 1. The number of halogens is 3. The summed E-state index contributed by atoms with van der Waals surface area (Å²) in [7, 11) is -2.91. The first-order valence-corrected chi connectivity index (χ1v) is 15.3. The average Bonchev–Trinajstić information content (AvgIpc) is 3.55. The van der Waals surface area contributed by atoms with Crippen molar-refractivity contribution >= 4 is 44.4 Å². The molecule has 1 saturated heterocycles. The lowest BCUT2D eigenvalue weighted by atomic mass is 9.87. The number of hydrogen-bond donors (Lipinski definition) is 3. The molecule has 0 radical (unpaired) electrons. The molecule has 0 bridgehead atoms. The molecular formula is C27H29F3N6O6S2. The second-order valence-electron chi connectivity index (χ2n) is 10.6. The summed E-state index contributed by atoms with van der Waals surface area (Å²) in [5, 5.41) is 2.68. The second-order valence-corrected chi connectivity index (χ2v) is 13.3. The van der Waals surface area contributed by atoms with Crippen molar-refractivity contribution in [3.05, 3.63) is 59.5 Å². The van der Waals surface area contributed by atoms with E-state index in [-0.39, 0.29) is 34.2 Å². The summed E-state index contributed by atoms with van der Waals surface area (Å²) >= 11 is 1.01. The van der Waals surface area contributed by atoms with Gasteiger partial charge in [0.25, 0.3) is 0 Å². The van der Waals surface area contributed by atoms with Gasteiger partial charge in [-0.2, -0.15) is 13.2 Å². The van der Waals surface area contributed by atoms with E-state index in [0.717, 1.165) is 30.1 Å². The number of esters is 1. The van der Waals surface area contributed by atoms with Gasteiger partial charge in [-0.25, -0.2) is 27.7 Å². The van der Waals surface area contributed by atoms with Crippen LogP contribution in [-0.2, 0) is 25.0 Å². The van der Waals surface area contributed by atoms with Gasteiger partial charge in [0, 0.05) is 18.8 Å². The molecule has 1 aliphatic heterocycles. The maximum Gasteiger partial charge on any atom is 0.399 e. The summed E-state index contributed by atoms with van der Waals surface area (Å²) < 4.78 is 73.7. The van der Waals surface area contributed by atoms with Gasteiger partial charge in [0.15, 0.2) is 5.13 Å². The van der Waals surface area contributed by atoms with Crippen molar-refractivity contribution in [2.24, 2.45) is 5.73 Å². The molecule has 4 rings (SSSR count). The maximum absolute atomic E-state index is 13.6. The van der Waals surface area contributed by atoms with E-state index in [1.807, 2.05) is 0 Å². The highest BCUT2D eigenvalue weighted by molar-refractivity contribution is 7.89. The van der Waals surface area contributed by atoms with Crippen LogP contribution in [0.1, 0.15) is 42.0 Å². The number of ether oxygens (including phenoxy) is 1. The van der Waals surface area contributed by atoms with Gasteiger partial charge in [0.1, 0.15) is 11.5 Å². The van der Waals surface area contributed by atoms with Crippen molar-refractivity contribution in [1.82, 2.24) is 19.6 Å². The van der Waals surface area contributed by atoms with Crippen LogP contribution in [0.25, 0.3) is 10.4 Å². The van der Waals surface area contributed by atoms with Gasteiger partial charge in [-0.3, -0.25) is 15.1 Å². The highest BCUT2D eigenvalue weighted by Gasteiger charge is 2.49. The Balaban J connectivity index is 1.49. The molecule has 2 atom stereocenters. The Morgan fingerprint density at radius 2 is 1.80 bits per heavy atom. The third kappa shape index (κ3) is 6.68. The Morgan fingerprint density at radius 1 is 1.14 bits per heavy atom. The quantitative estimate of drug-likeness (QED) is 0.309. The molecule has 17 heteroatoms. The number of nitrogens with zero attached hydrogens (tertiary/aromatic N) is 3. The molecular weight excluding hydrogens is 625 g/mol. The average molecular weight is 655 g/mol. The fourth-order valence-corrected chi connectivity index (χ4v) is 6.72. The number of alkyl halides is 3. The van der Waals surface area contributed by atoms with E-state index in [9.17, 15) is 36.0 Å². The Labute approximate surface area is 254 Å². The molecule has 0 aliphatic carbocycles. The van der Waals surface area contributed by atoms with Crippen LogP contribution in [0.15, 0.2) is 47.5 Å². The van der Waals surface area contributed by atoms with Gasteiger partial charge < -0.3 is 15.4 Å². The summed E-state index contributed by atoms with van der Waals surface area (Å²) in [4.78, 5) is 46.7. The number of sulfonamides is 1. The van der Waals surface area contributed by atoms with E-state index in [2.05, 4.69) is 24.7 Å². The molecule has 0 unspecified atom stereocenters. The third-order valence-electron chi connectivity index (χ3n) is 7.18. The molecule has 1 fully saturated rings. The Morgan fingerprint density at radius 3 is 2.39 bits per heavy atom. The van der Waals surface area contributed by atoms with Crippen molar-refractivity contribution in [3.63, 3.8) is 0 Å². The molecule has 2 aromatic heterocycles. The number of nitrogens with one attached hydrogen (secondary N) is 2. The van der Waals surface area contributed by atoms with Crippen LogP contribution in [0.4, 0.5) is 23.1 Å². The predicted octanol–water partition coefficient (Wildman–Crippen LogP) is 3.58. The zero-order valence-corrected chi connectivity index (χ0v) is 25.6. The summed E-state index contributed by atoms with van der Waals surface area (Å²) in [6.07, 6.45) is -3.36.